The smallest absolute Gasteiger partial charge is 0.0324 e. The van der Waals surface area contributed by atoms with E-state index in [4.69, 9.17) is 5.73 Å². The predicted molar refractivity (Wildman–Crippen MR) is 54.9 cm³/mol. The van der Waals surface area contributed by atoms with Gasteiger partial charge in [-0.2, -0.15) is 0 Å². The van der Waals surface area contributed by atoms with E-state index in [2.05, 4.69) is 22.6 Å². The highest BCUT2D eigenvalue weighted by Crippen LogP contribution is 2.07. The van der Waals surface area contributed by atoms with Crippen molar-refractivity contribution in [2.24, 2.45) is 0 Å². The molecule has 10 heavy (non-hydrogen) atoms. The molecule has 56 valence electrons. The Labute approximate surface area is 75.8 Å². The van der Waals surface area contributed by atoms with Crippen LogP contribution in [0.1, 0.15) is 13.8 Å². The number of nitrogen functional groups attached to an aromatic ring is 1. The second-order valence-electron chi connectivity index (χ2n) is 1.56. The molecule has 2 heteroatoms. The molecule has 0 radical (unpaired) electrons. The van der Waals surface area contributed by atoms with E-state index >= 15 is 0 Å². The lowest BCUT2D eigenvalue weighted by molar-refractivity contribution is 1.50. The highest BCUT2D eigenvalue weighted by Gasteiger charge is 1.82. The number of nitrogens with two attached hydrogens (primary N) is 1. The minimum atomic E-state index is 0.830. The maximum Gasteiger partial charge on any atom is 0.0324 e. The van der Waals surface area contributed by atoms with E-state index < -0.39 is 0 Å². The monoisotopic (exact) mass is 249 g/mol. The standard InChI is InChI=1S/C6H6IN.C2H6/c7-5-2-1-3-6(8)4-5;1-2/h1-4H,8H2;1-2H3. The molecule has 0 aliphatic rings. The van der Waals surface area contributed by atoms with Gasteiger partial charge in [0.25, 0.3) is 0 Å². The number of benzene rings is 1. The topological polar surface area (TPSA) is 26.0 Å². The maximum absolute atomic E-state index is 5.45. The van der Waals surface area contributed by atoms with Gasteiger partial charge in [-0.15, -0.1) is 0 Å². The number of hydrogen-bond acceptors (Lipinski definition) is 1. The molecule has 1 aromatic rings. The molecule has 1 aromatic carbocycles. The van der Waals surface area contributed by atoms with Crippen LogP contribution in [0.4, 0.5) is 5.69 Å². The van der Waals surface area contributed by atoms with Gasteiger partial charge in [0.1, 0.15) is 0 Å². The summed E-state index contributed by atoms with van der Waals surface area (Å²) in [5.41, 5.74) is 6.28. The Bertz CT molecular complexity index is 169. The molecule has 0 saturated heterocycles. The number of rotatable bonds is 0. The molecular formula is C8H12IN. The Kier molecular flexibility index (Phi) is 5.39. The molecule has 0 saturated carbocycles. The van der Waals surface area contributed by atoms with Crippen LogP contribution in [-0.4, -0.2) is 0 Å². The van der Waals surface area contributed by atoms with Gasteiger partial charge in [-0.1, -0.05) is 19.9 Å². The Morgan fingerprint density at radius 2 is 1.90 bits per heavy atom. The van der Waals surface area contributed by atoms with E-state index in [1.807, 2.05) is 38.1 Å². The molecule has 0 aromatic heterocycles. The third-order valence-electron chi connectivity index (χ3n) is 0.849. The van der Waals surface area contributed by atoms with Gasteiger partial charge in [-0.05, 0) is 40.8 Å². The summed E-state index contributed by atoms with van der Waals surface area (Å²) in [5, 5.41) is 0. The van der Waals surface area contributed by atoms with E-state index in [-0.39, 0.29) is 0 Å². The Morgan fingerprint density at radius 3 is 2.20 bits per heavy atom. The van der Waals surface area contributed by atoms with Crippen molar-refractivity contribution in [3.05, 3.63) is 27.8 Å². The molecule has 1 rings (SSSR count). The average molecular weight is 249 g/mol. The molecule has 0 aliphatic carbocycles. The van der Waals surface area contributed by atoms with Crippen LogP contribution in [0.15, 0.2) is 24.3 Å². The van der Waals surface area contributed by atoms with Gasteiger partial charge in [-0.25, -0.2) is 0 Å². The molecule has 0 unspecified atom stereocenters. The van der Waals surface area contributed by atoms with Crippen molar-refractivity contribution < 1.29 is 0 Å². The van der Waals surface area contributed by atoms with Gasteiger partial charge in [0, 0.05) is 9.26 Å². The van der Waals surface area contributed by atoms with Gasteiger partial charge in [0.05, 0.1) is 0 Å². The van der Waals surface area contributed by atoms with Gasteiger partial charge in [0.2, 0.25) is 0 Å². The van der Waals surface area contributed by atoms with Crippen LogP contribution in [-0.2, 0) is 0 Å². The quantitative estimate of drug-likeness (QED) is 0.555. The van der Waals surface area contributed by atoms with E-state index in [0.29, 0.717) is 0 Å². The SMILES string of the molecule is CC.Nc1cccc(I)c1. The summed E-state index contributed by atoms with van der Waals surface area (Å²) < 4.78 is 1.18. The second-order valence-corrected chi connectivity index (χ2v) is 2.80. The van der Waals surface area contributed by atoms with Crippen LogP contribution in [0.25, 0.3) is 0 Å². The zero-order valence-electron chi connectivity index (χ0n) is 6.26. The first-order chi connectivity index (χ1) is 4.79. The zero-order valence-corrected chi connectivity index (χ0v) is 8.42. The summed E-state index contributed by atoms with van der Waals surface area (Å²) in [6, 6.07) is 7.76. The van der Waals surface area contributed by atoms with Crippen molar-refractivity contribution in [3.63, 3.8) is 0 Å². The molecule has 0 bridgehead atoms. The van der Waals surface area contributed by atoms with Gasteiger partial charge < -0.3 is 5.73 Å². The van der Waals surface area contributed by atoms with Crippen LogP contribution in [0, 0.1) is 3.57 Å². The summed E-state index contributed by atoms with van der Waals surface area (Å²) in [5.74, 6) is 0. The van der Waals surface area contributed by atoms with Crippen molar-refractivity contribution >= 4 is 28.3 Å². The summed E-state index contributed by atoms with van der Waals surface area (Å²) in [6.45, 7) is 4.00. The van der Waals surface area contributed by atoms with Gasteiger partial charge in [-0.3, -0.25) is 0 Å². The Hall–Kier alpha value is -0.250. The molecule has 0 fully saturated rings. The first-order valence-corrected chi connectivity index (χ1v) is 4.38. The van der Waals surface area contributed by atoms with Crippen LogP contribution in [0.5, 0.6) is 0 Å². The van der Waals surface area contributed by atoms with E-state index in [1.165, 1.54) is 3.57 Å². The molecule has 0 atom stereocenters. The van der Waals surface area contributed by atoms with Crippen LogP contribution < -0.4 is 5.73 Å². The summed E-state index contributed by atoms with van der Waals surface area (Å²) in [7, 11) is 0. The lowest BCUT2D eigenvalue weighted by atomic mass is 10.3. The lowest BCUT2D eigenvalue weighted by Crippen LogP contribution is -1.82. The maximum atomic E-state index is 5.45. The molecule has 2 N–H and O–H groups in total. The number of halogens is 1. The highest BCUT2D eigenvalue weighted by molar-refractivity contribution is 14.1. The lowest BCUT2D eigenvalue weighted by Gasteiger charge is -1.89. The third-order valence-corrected chi connectivity index (χ3v) is 1.52. The van der Waals surface area contributed by atoms with Crippen LogP contribution in [0.2, 0.25) is 0 Å². The van der Waals surface area contributed by atoms with Crippen molar-refractivity contribution in [2.45, 2.75) is 13.8 Å². The predicted octanol–water partition coefficient (Wildman–Crippen LogP) is 2.90. The van der Waals surface area contributed by atoms with Crippen LogP contribution in [0.3, 0.4) is 0 Å². The van der Waals surface area contributed by atoms with Crippen molar-refractivity contribution in [3.8, 4) is 0 Å². The molecule has 0 heterocycles. The Balaban J connectivity index is 0.000000371. The molecule has 0 aliphatic heterocycles. The minimum Gasteiger partial charge on any atom is -0.399 e. The van der Waals surface area contributed by atoms with Crippen molar-refractivity contribution in [1.82, 2.24) is 0 Å². The van der Waals surface area contributed by atoms with Gasteiger partial charge >= 0.3 is 0 Å². The van der Waals surface area contributed by atoms with E-state index in [0.717, 1.165) is 5.69 Å². The summed E-state index contributed by atoms with van der Waals surface area (Å²) in [4.78, 5) is 0. The molecule has 1 nitrogen and oxygen atoms in total. The fraction of sp³-hybridized carbons (Fsp3) is 0.250. The van der Waals surface area contributed by atoms with Crippen molar-refractivity contribution in [2.75, 3.05) is 5.73 Å². The van der Waals surface area contributed by atoms with E-state index in [9.17, 15) is 0 Å². The van der Waals surface area contributed by atoms with Crippen molar-refractivity contribution in [1.29, 1.82) is 0 Å². The first kappa shape index (κ1) is 9.75. The number of anilines is 1. The van der Waals surface area contributed by atoms with E-state index in [1.54, 1.807) is 0 Å². The normalized spacial score (nSPS) is 7.90. The third kappa shape index (κ3) is 3.71. The first-order valence-electron chi connectivity index (χ1n) is 3.30. The molecule has 0 amide bonds. The summed E-state index contributed by atoms with van der Waals surface area (Å²) >= 11 is 2.23. The highest BCUT2D eigenvalue weighted by atomic mass is 127. The molecular weight excluding hydrogens is 237 g/mol. The molecule has 0 spiro atoms. The van der Waals surface area contributed by atoms with Gasteiger partial charge in [0.15, 0.2) is 0 Å². The fourth-order valence-corrected chi connectivity index (χ4v) is 1.07. The average Bonchev–Trinajstić information content (AvgIpc) is 1.91. The zero-order chi connectivity index (χ0) is 7.98. The fourth-order valence-electron chi connectivity index (χ4n) is 0.507. The number of hydrogen-bond donors (Lipinski definition) is 1. The largest absolute Gasteiger partial charge is 0.399 e. The van der Waals surface area contributed by atoms with Crippen LogP contribution >= 0.6 is 22.6 Å². The Morgan fingerprint density at radius 1 is 1.30 bits per heavy atom. The second kappa shape index (κ2) is 5.53. The minimum absolute atomic E-state index is 0.830. The summed E-state index contributed by atoms with van der Waals surface area (Å²) in [6.07, 6.45) is 0.